The zero-order chi connectivity index (χ0) is 31.0. The Morgan fingerprint density at radius 1 is 0.733 bits per heavy atom. The highest BCUT2D eigenvalue weighted by Gasteiger charge is 2.66. The van der Waals surface area contributed by atoms with Crippen LogP contribution in [-0.2, 0) is 24.6 Å². The van der Waals surface area contributed by atoms with Crippen molar-refractivity contribution in [3.63, 3.8) is 0 Å². The van der Waals surface area contributed by atoms with Crippen LogP contribution >= 0.6 is 0 Å². The lowest BCUT2D eigenvalue weighted by Crippen LogP contribution is -2.58. The number of phenols is 1. The second-order valence-electron chi connectivity index (χ2n) is 12.5. The van der Waals surface area contributed by atoms with Gasteiger partial charge in [0.05, 0.1) is 17.3 Å². The molecule has 0 unspecified atom stereocenters. The standard InChI is InChI=1S/C38H29NO6/c40-31-18-17-25(23-13-7-8-14-24(23)31)34-26-15-16-27-33(37(44)39(45)36(27)43)29(26)19-30-35(42)28(21-9-3-1-4-10-21)20-32(41)38(30,34)22-11-5-2-6-12-22/h1-15,17-18,20,27,29-30,33-34,40,45H,16,19H2/t27-,29+,30-,33-,34-,38-/m0/s1. The Morgan fingerprint density at radius 2 is 1.40 bits per heavy atom. The predicted octanol–water partition coefficient (Wildman–Crippen LogP) is 5.76. The molecule has 7 nitrogen and oxygen atoms in total. The average Bonchev–Trinajstić information content (AvgIpc) is 3.30. The average molecular weight is 596 g/mol. The predicted molar refractivity (Wildman–Crippen MR) is 166 cm³/mol. The molecule has 1 heterocycles. The quantitative estimate of drug-likeness (QED) is 0.177. The fraction of sp³-hybridized carbons (Fsp3) is 0.211. The van der Waals surface area contributed by atoms with Gasteiger partial charge in [-0.25, -0.2) is 0 Å². The maximum atomic E-state index is 15.1. The number of rotatable bonds is 3. The summed E-state index contributed by atoms with van der Waals surface area (Å²) in [6.45, 7) is 0. The molecule has 2 fully saturated rings. The topological polar surface area (TPSA) is 112 Å². The molecule has 6 atom stereocenters. The van der Waals surface area contributed by atoms with Crippen molar-refractivity contribution in [1.82, 2.24) is 5.06 Å². The zero-order valence-electron chi connectivity index (χ0n) is 24.2. The smallest absolute Gasteiger partial charge is 0.257 e. The van der Waals surface area contributed by atoms with E-state index in [1.807, 2.05) is 97.1 Å². The van der Waals surface area contributed by atoms with E-state index in [0.717, 1.165) is 16.5 Å². The number of benzene rings is 4. The summed E-state index contributed by atoms with van der Waals surface area (Å²) in [5.74, 6) is -5.35. The minimum atomic E-state index is -1.36. The van der Waals surface area contributed by atoms with Crippen LogP contribution in [0.1, 0.15) is 35.4 Å². The Bertz CT molecular complexity index is 2000. The molecule has 3 aliphatic carbocycles. The molecule has 0 radical (unpaired) electrons. The van der Waals surface area contributed by atoms with E-state index in [4.69, 9.17) is 0 Å². The third-order valence-electron chi connectivity index (χ3n) is 10.6. The van der Waals surface area contributed by atoms with Gasteiger partial charge in [-0.3, -0.25) is 24.4 Å². The SMILES string of the molecule is O=C1C(c2ccccc2)=CC(=O)[C@@]2(c3ccccc3)[C@@H](c3ccc(O)c4ccccc34)C3=CC[C@@H]4C(=O)N(O)C(=O)[C@@H]4[C@@H]3C[C@@H]12. The monoisotopic (exact) mass is 595 g/mol. The van der Waals surface area contributed by atoms with Gasteiger partial charge in [-0.1, -0.05) is 103 Å². The normalized spacial score (nSPS) is 29.2. The molecule has 2 N–H and O–H groups in total. The van der Waals surface area contributed by atoms with E-state index in [9.17, 15) is 24.7 Å². The first-order valence-corrected chi connectivity index (χ1v) is 15.2. The van der Waals surface area contributed by atoms with Crippen molar-refractivity contribution in [2.75, 3.05) is 0 Å². The van der Waals surface area contributed by atoms with E-state index in [1.165, 1.54) is 6.08 Å². The summed E-state index contributed by atoms with van der Waals surface area (Å²) in [6, 6.07) is 29.3. The van der Waals surface area contributed by atoms with Crippen molar-refractivity contribution in [3.05, 3.63) is 131 Å². The Labute approximate surface area is 259 Å². The summed E-state index contributed by atoms with van der Waals surface area (Å²) < 4.78 is 0. The van der Waals surface area contributed by atoms with Crippen LogP contribution in [0.25, 0.3) is 16.3 Å². The van der Waals surface area contributed by atoms with E-state index in [2.05, 4.69) is 0 Å². The molecule has 0 aromatic heterocycles. The van der Waals surface area contributed by atoms with Crippen LogP contribution in [0.2, 0.25) is 0 Å². The lowest BCUT2D eigenvalue weighted by atomic mass is 9.44. The number of carbonyl (C=O) groups excluding carboxylic acids is 4. The largest absolute Gasteiger partial charge is 0.507 e. The van der Waals surface area contributed by atoms with Crippen molar-refractivity contribution in [1.29, 1.82) is 0 Å². The summed E-state index contributed by atoms with van der Waals surface area (Å²) in [7, 11) is 0. The lowest BCUT2D eigenvalue weighted by molar-refractivity contribution is -0.173. The van der Waals surface area contributed by atoms with Crippen LogP contribution in [0.4, 0.5) is 0 Å². The van der Waals surface area contributed by atoms with Crippen LogP contribution in [0.3, 0.4) is 0 Å². The van der Waals surface area contributed by atoms with Gasteiger partial charge in [0.2, 0.25) is 0 Å². The number of Topliss-reactive ketones (excluding diaryl/α,β-unsaturated/α-hetero) is 1. The third kappa shape index (κ3) is 3.68. The first kappa shape index (κ1) is 27.4. The number of aromatic hydroxyl groups is 1. The Balaban J connectivity index is 1.46. The molecular formula is C38H29NO6. The number of allylic oxidation sites excluding steroid dienone is 4. The van der Waals surface area contributed by atoms with Crippen molar-refractivity contribution in [2.45, 2.75) is 24.2 Å². The van der Waals surface area contributed by atoms with Crippen molar-refractivity contribution in [3.8, 4) is 5.75 Å². The number of imide groups is 1. The van der Waals surface area contributed by atoms with Gasteiger partial charge in [-0.15, -0.1) is 0 Å². The lowest BCUT2D eigenvalue weighted by Gasteiger charge is -2.55. The van der Waals surface area contributed by atoms with Crippen molar-refractivity contribution >= 4 is 39.7 Å². The summed E-state index contributed by atoms with van der Waals surface area (Å²) in [5, 5.41) is 22.9. The van der Waals surface area contributed by atoms with Crippen LogP contribution in [0.15, 0.2) is 115 Å². The van der Waals surface area contributed by atoms with Gasteiger partial charge in [0.1, 0.15) is 5.75 Å². The number of hydroxylamine groups is 2. The van der Waals surface area contributed by atoms with Gasteiger partial charge in [0.15, 0.2) is 11.6 Å². The summed E-state index contributed by atoms with van der Waals surface area (Å²) >= 11 is 0. The molecular weight excluding hydrogens is 566 g/mol. The highest BCUT2D eigenvalue weighted by molar-refractivity contribution is 6.31. The van der Waals surface area contributed by atoms with Crippen LogP contribution < -0.4 is 0 Å². The van der Waals surface area contributed by atoms with E-state index < -0.39 is 46.8 Å². The van der Waals surface area contributed by atoms with Crippen LogP contribution in [0.5, 0.6) is 5.75 Å². The van der Waals surface area contributed by atoms with Crippen LogP contribution in [0, 0.1) is 23.7 Å². The van der Waals surface area contributed by atoms with E-state index in [0.29, 0.717) is 22.1 Å². The minimum Gasteiger partial charge on any atom is -0.507 e. The van der Waals surface area contributed by atoms with Gasteiger partial charge in [-0.05, 0) is 53.0 Å². The molecule has 45 heavy (non-hydrogen) atoms. The summed E-state index contributed by atoms with van der Waals surface area (Å²) in [5.41, 5.74) is 1.85. The highest BCUT2D eigenvalue weighted by atomic mass is 16.5. The highest BCUT2D eigenvalue weighted by Crippen LogP contribution is 2.64. The molecule has 0 spiro atoms. The maximum Gasteiger partial charge on any atom is 0.257 e. The van der Waals surface area contributed by atoms with Gasteiger partial charge in [0, 0.05) is 22.8 Å². The number of hydrogen-bond acceptors (Lipinski definition) is 6. The molecule has 222 valence electrons. The maximum absolute atomic E-state index is 15.1. The second-order valence-corrected chi connectivity index (χ2v) is 12.5. The molecule has 1 saturated carbocycles. The number of hydrogen-bond donors (Lipinski definition) is 2. The number of amides is 2. The van der Waals surface area contributed by atoms with E-state index in [1.54, 1.807) is 6.07 Å². The fourth-order valence-electron chi connectivity index (χ4n) is 8.76. The second kappa shape index (κ2) is 9.94. The number of ketones is 2. The third-order valence-corrected chi connectivity index (χ3v) is 10.6. The molecule has 4 aliphatic rings. The molecule has 4 aromatic rings. The van der Waals surface area contributed by atoms with Crippen LogP contribution in [-0.4, -0.2) is 38.8 Å². The molecule has 0 bridgehead atoms. The zero-order valence-corrected chi connectivity index (χ0v) is 24.2. The minimum absolute atomic E-state index is 0.0921. The first-order chi connectivity index (χ1) is 21.8. The number of nitrogens with zero attached hydrogens (tertiary/aromatic N) is 1. The Morgan fingerprint density at radius 3 is 2.13 bits per heavy atom. The fourth-order valence-corrected chi connectivity index (χ4v) is 8.76. The molecule has 1 aliphatic heterocycles. The van der Waals surface area contributed by atoms with E-state index in [-0.39, 0.29) is 35.2 Å². The summed E-state index contributed by atoms with van der Waals surface area (Å²) in [4.78, 5) is 56.4. The number of carbonyl (C=O) groups is 4. The van der Waals surface area contributed by atoms with Crippen molar-refractivity contribution in [2.24, 2.45) is 23.7 Å². The van der Waals surface area contributed by atoms with Gasteiger partial charge >= 0.3 is 0 Å². The molecule has 1 saturated heterocycles. The summed E-state index contributed by atoms with van der Waals surface area (Å²) in [6.07, 6.45) is 3.84. The first-order valence-electron chi connectivity index (χ1n) is 15.2. The van der Waals surface area contributed by atoms with Crippen molar-refractivity contribution < 1.29 is 29.5 Å². The Kier molecular flexibility index (Phi) is 6.05. The molecule has 7 heteroatoms. The van der Waals surface area contributed by atoms with E-state index >= 15 is 4.79 Å². The van der Waals surface area contributed by atoms with Gasteiger partial charge in [-0.2, -0.15) is 5.06 Å². The number of phenolic OH excluding ortho intramolecular Hbond substituents is 1. The molecule has 8 rings (SSSR count). The molecule has 2 amide bonds. The Hall–Kier alpha value is -5.14. The number of fused-ring (bicyclic) bond motifs is 5. The van der Waals surface area contributed by atoms with Gasteiger partial charge < -0.3 is 5.11 Å². The molecule has 4 aromatic carbocycles. The van der Waals surface area contributed by atoms with Gasteiger partial charge in [0.25, 0.3) is 11.8 Å².